The Morgan fingerprint density at radius 2 is 1.89 bits per heavy atom. The highest BCUT2D eigenvalue weighted by Gasteiger charge is 2.73. The van der Waals surface area contributed by atoms with Crippen LogP contribution in [0.25, 0.3) is 0 Å². The lowest BCUT2D eigenvalue weighted by atomic mass is 9.73. The molecule has 0 aromatic heterocycles. The monoisotopic (exact) mass is 541 g/mol. The quantitative estimate of drug-likeness (QED) is 0.537. The van der Waals surface area contributed by atoms with Crippen molar-refractivity contribution in [1.82, 2.24) is 10.2 Å². The molecule has 1 spiro atoms. The van der Waals surface area contributed by atoms with Crippen molar-refractivity contribution in [3.8, 4) is 0 Å². The third kappa shape index (κ3) is 4.25. The second-order valence-corrected chi connectivity index (χ2v) is 12.1. The van der Waals surface area contributed by atoms with Gasteiger partial charge in [0, 0.05) is 29.9 Å². The summed E-state index contributed by atoms with van der Waals surface area (Å²) in [5, 5.41) is 6.79. The van der Waals surface area contributed by atoms with Gasteiger partial charge in [0.15, 0.2) is 0 Å². The highest BCUT2D eigenvalue weighted by atomic mass is 35.5. The van der Waals surface area contributed by atoms with Gasteiger partial charge in [0.1, 0.15) is 11.6 Å². The highest BCUT2D eigenvalue weighted by Crippen LogP contribution is 2.55. The maximum atomic E-state index is 14.1. The van der Waals surface area contributed by atoms with Gasteiger partial charge in [-0.25, -0.2) is 0 Å². The van der Waals surface area contributed by atoms with Gasteiger partial charge in [-0.15, -0.1) is 0 Å². The minimum absolute atomic E-state index is 0.0490. The number of hydrogen-bond acceptors (Lipinski definition) is 5. The number of hydrogen-bond donors (Lipinski definition) is 2. The molecular weight excluding hydrogens is 506 g/mol. The van der Waals surface area contributed by atoms with Crippen molar-refractivity contribution >= 4 is 35.0 Å². The Kier molecular flexibility index (Phi) is 6.77. The zero-order valence-electron chi connectivity index (χ0n) is 21.9. The van der Waals surface area contributed by atoms with Crippen molar-refractivity contribution in [3.05, 3.63) is 41.4 Å². The summed E-state index contributed by atoms with van der Waals surface area (Å²) < 4.78 is 12.3. The van der Waals surface area contributed by atoms with Crippen molar-refractivity contribution in [2.75, 3.05) is 18.5 Å². The summed E-state index contributed by atoms with van der Waals surface area (Å²) in [5.74, 6) is -1.35. The standard InChI is InChI=1S/C29H36ClN3O5/c1-16-5-3-7-21(17(16)2)32-27(35)25-29-13-12-22(38-29)23(26(34)31-19-10-8-18(30)9-11-19)24(29)28(36)33(25)15-20-6-4-14-37-20/h8-13,16-17,20-25H,3-7,14-15H2,1-2H3,(H,31,34)(H,32,35). The van der Waals surface area contributed by atoms with E-state index in [1.807, 2.05) is 12.2 Å². The molecule has 38 heavy (non-hydrogen) atoms. The summed E-state index contributed by atoms with van der Waals surface area (Å²) in [7, 11) is 0. The minimum atomic E-state index is -1.17. The van der Waals surface area contributed by atoms with E-state index >= 15 is 0 Å². The van der Waals surface area contributed by atoms with Crippen LogP contribution in [0.3, 0.4) is 0 Å². The molecule has 1 aromatic carbocycles. The SMILES string of the molecule is CC1CCCC(NC(=O)C2N(CC3CCCO3)C(=O)C3C(C(=O)Nc4ccc(Cl)cc4)C4C=CC32O4)C1C. The first kappa shape index (κ1) is 25.8. The van der Waals surface area contributed by atoms with Gasteiger partial charge in [-0.2, -0.15) is 0 Å². The molecular formula is C29H36ClN3O5. The topological polar surface area (TPSA) is 97.0 Å². The molecule has 9 atom stereocenters. The van der Waals surface area contributed by atoms with Gasteiger partial charge in [-0.05, 0) is 55.4 Å². The fourth-order valence-corrected chi connectivity index (χ4v) is 7.40. The molecule has 1 aromatic rings. The van der Waals surface area contributed by atoms with Crippen LogP contribution in [0.5, 0.6) is 0 Å². The largest absolute Gasteiger partial charge is 0.376 e. The zero-order chi connectivity index (χ0) is 26.6. The number of likely N-dealkylation sites (tertiary alicyclic amines) is 1. The molecule has 1 aliphatic carbocycles. The number of anilines is 1. The predicted molar refractivity (Wildman–Crippen MR) is 142 cm³/mol. The third-order valence-electron chi connectivity index (χ3n) is 9.50. The molecule has 4 fully saturated rings. The van der Waals surface area contributed by atoms with Gasteiger partial charge >= 0.3 is 0 Å². The van der Waals surface area contributed by atoms with Crippen molar-refractivity contribution in [1.29, 1.82) is 0 Å². The van der Waals surface area contributed by atoms with Gasteiger partial charge < -0.3 is 25.0 Å². The van der Waals surface area contributed by atoms with Gasteiger partial charge in [0.05, 0.1) is 24.0 Å². The first-order valence-electron chi connectivity index (χ1n) is 13.9. The number of nitrogens with one attached hydrogen (secondary N) is 2. The summed E-state index contributed by atoms with van der Waals surface area (Å²) in [6, 6.07) is 6.06. The molecule has 3 saturated heterocycles. The first-order chi connectivity index (χ1) is 18.3. The second-order valence-electron chi connectivity index (χ2n) is 11.7. The number of rotatable bonds is 6. The van der Waals surface area contributed by atoms with Crippen LogP contribution in [0, 0.1) is 23.7 Å². The third-order valence-corrected chi connectivity index (χ3v) is 9.75. The molecule has 0 radical (unpaired) electrons. The molecule has 204 valence electrons. The predicted octanol–water partition coefficient (Wildman–Crippen LogP) is 3.55. The molecule has 4 aliphatic heterocycles. The minimum Gasteiger partial charge on any atom is -0.376 e. The molecule has 6 rings (SSSR count). The number of carbonyl (C=O) groups is 3. The van der Waals surface area contributed by atoms with Gasteiger partial charge in [-0.3, -0.25) is 14.4 Å². The van der Waals surface area contributed by atoms with Crippen molar-refractivity contribution in [3.63, 3.8) is 0 Å². The van der Waals surface area contributed by atoms with E-state index in [0.717, 1.165) is 32.1 Å². The van der Waals surface area contributed by atoms with E-state index in [1.165, 1.54) is 0 Å². The van der Waals surface area contributed by atoms with Crippen LogP contribution in [0.1, 0.15) is 46.0 Å². The summed E-state index contributed by atoms with van der Waals surface area (Å²) in [5.41, 5.74) is -0.577. The molecule has 3 amide bonds. The number of halogens is 1. The lowest BCUT2D eigenvalue weighted by Crippen LogP contribution is -2.58. The van der Waals surface area contributed by atoms with E-state index in [4.69, 9.17) is 21.1 Å². The van der Waals surface area contributed by atoms with E-state index in [9.17, 15) is 14.4 Å². The first-order valence-corrected chi connectivity index (χ1v) is 14.3. The van der Waals surface area contributed by atoms with Gasteiger partial charge in [0.25, 0.3) is 0 Å². The number of ether oxygens (including phenoxy) is 2. The Morgan fingerprint density at radius 1 is 1.11 bits per heavy atom. The fourth-order valence-electron chi connectivity index (χ4n) is 7.28. The number of carbonyl (C=O) groups excluding carboxylic acids is 3. The molecule has 1 saturated carbocycles. The summed E-state index contributed by atoms with van der Waals surface area (Å²) in [4.78, 5) is 43.3. The Morgan fingerprint density at radius 3 is 2.63 bits per heavy atom. The molecule has 2 N–H and O–H groups in total. The molecule has 4 heterocycles. The maximum Gasteiger partial charge on any atom is 0.246 e. The lowest BCUT2D eigenvalue weighted by molar-refractivity contribution is -0.143. The molecule has 2 bridgehead atoms. The molecule has 8 nitrogen and oxygen atoms in total. The smallest absolute Gasteiger partial charge is 0.246 e. The van der Waals surface area contributed by atoms with E-state index < -0.39 is 29.6 Å². The number of nitrogens with zero attached hydrogens (tertiary/aromatic N) is 1. The van der Waals surface area contributed by atoms with Crippen molar-refractivity contribution < 1.29 is 23.9 Å². The van der Waals surface area contributed by atoms with E-state index in [2.05, 4.69) is 24.5 Å². The summed E-state index contributed by atoms with van der Waals surface area (Å²) in [6.07, 6.45) is 7.93. The normalized spacial score (nSPS) is 39.4. The Balaban J connectivity index is 1.29. The average Bonchev–Trinajstić information content (AvgIpc) is 3.66. The molecule has 9 unspecified atom stereocenters. The highest BCUT2D eigenvalue weighted by molar-refractivity contribution is 6.30. The fraction of sp³-hybridized carbons (Fsp3) is 0.621. The van der Waals surface area contributed by atoms with Crippen LogP contribution in [0.4, 0.5) is 5.69 Å². The Bertz CT molecular complexity index is 1140. The Labute approximate surface area is 228 Å². The van der Waals surface area contributed by atoms with E-state index in [1.54, 1.807) is 29.2 Å². The average molecular weight is 542 g/mol. The Hall–Kier alpha value is -2.42. The summed E-state index contributed by atoms with van der Waals surface area (Å²) in [6.45, 7) is 5.39. The van der Waals surface area contributed by atoms with Crippen LogP contribution < -0.4 is 10.6 Å². The molecule has 5 aliphatic rings. The molecule has 9 heteroatoms. The van der Waals surface area contributed by atoms with E-state index in [0.29, 0.717) is 35.7 Å². The lowest BCUT2D eigenvalue weighted by Gasteiger charge is -2.38. The van der Waals surface area contributed by atoms with Crippen LogP contribution in [-0.2, 0) is 23.9 Å². The van der Waals surface area contributed by atoms with Crippen LogP contribution in [0.2, 0.25) is 5.02 Å². The number of benzene rings is 1. The number of amides is 3. The van der Waals surface area contributed by atoms with Crippen LogP contribution >= 0.6 is 11.6 Å². The second kappa shape index (κ2) is 9.96. The van der Waals surface area contributed by atoms with Gasteiger partial charge in [0.2, 0.25) is 17.7 Å². The maximum absolute atomic E-state index is 14.1. The summed E-state index contributed by atoms with van der Waals surface area (Å²) >= 11 is 6.00. The zero-order valence-corrected chi connectivity index (χ0v) is 22.7. The van der Waals surface area contributed by atoms with Crippen molar-refractivity contribution in [2.45, 2.75) is 75.8 Å². The van der Waals surface area contributed by atoms with Crippen LogP contribution in [-0.4, -0.2) is 65.7 Å². The van der Waals surface area contributed by atoms with Gasteiger partial charge in [-0.1, -0.05) is 50.4 Å². The van der Waals surface area contributed by atoms with E-state index in [-0.39, 0.29) is 29.9 Å². The van der Waals surface area contributed by atoms with Crippen LogP contribution in [0.15, 0.2) is 36.4 Å². The number of fused-ring (bicyclic) bond motifs is 1. The van der Waals surface area contributed by atoms with Crippen molar-refractivity contribution in [2.24, 2.45) is 23.7 Å².